The van der Waals surface area contributed by atoms with Crippen LogP contribution >= 0.6 is 0 Å². The first kappa shape index (κ1) is 17.7. The summed E-state index contributed by atoms with van der Waals surface area (Å²) < 4.78 is 7.34. The molecule has 0 saturated heterocycles. The van der Waals surface area contributed by atoms with Gasteiger partial charge in [-0.3, -0.25) is 9.78 Å². The molecule has 0 saturated carbocycles. The summed E-state index contributed by atoms with van der Waals surface area (Å²) in [6.07, 6.45) is 2.35. The molecule has 0 aliphatic carbocycles. The second-order valence-electron chi connectivity index (χ2n) is 5.66. The number of amides is 1. The van der Waals surface area contributed by atoms with E-state index in [0.29, 0.717) is 25.1 Å². The van der Waals surface area contributed by atoms with E-state index in [9.17, 15) is 9.59 Å². The van der Waals surface area contributed by atoms with Crippen molar-refractivity contribution in [1.29, 1.82) is 0 Å². The number of ether oxygens (including phenoxy) is 1. The van der Waals surface area contributed by atoms with Crippen molar-refractivity contribution in [2.24, 2.45) is 0 Å². The molecule has 24 heavy (non-hydrogen) atoms. The zero-order chi connectivity index (χ0) is 17.5. The molecular weight excluding hydrogens is 306 g/mol. The number of pyridine rings is 1. The first-order valence-electron chi connectivity index (χ1n) is 7.97. The van der Waals surface area contributed by atoms with Crippen molar-refractivity contribution in [3.8, 4) is 0 Å². The number of aryl methyl sites for hydroxylation is 1. The quantitative estimate of drug-likeness (QED) is 0.624. The lowest BCUT2D eigenvalue weighted by Crippen LogP contribution is -2.22. The maximum absolute atomic E-state index is 12.2. The third-order valence-corrected chi connectivity index (χ3v) is 3.77. The number of hydrogen-bond acceptors (Lipinski definition) is 4. The predicted molar refractivity (Wildman–Crippen MR) is 90.8 cm³/mol. The molecule has 0 radical (unpaired) electrons. The Hall–Kier alpha value is -2.63. The van der Waals surface area contributed by atoms with Gasteiger partial charge in [0, 0.05) is 31.1 Å². The first-order valence-corrected chi connectivity index (χ1v) is 7.97. The number of aromatic nitrogens is 2. The highest BCUT2D eigenvalue weighted by molar-refractivity contribution is 5.91. The Morgan fingerprint density at radius 1 is 1.29 bits per heavy atom. The van der Waals surface area contributed by atoms with E-state index >= 15 is 0 Å². The number of nitrogens with zero attached hydrogens (tertiary/aromatic N) is 2. The van der Waals surface area contributed by atoms with Crippen molar-refractivity contribution in [1.82, 2.24) is 14.9 Å². The van der Waals surface area contributed by atoms with Crippen LogP contribution in [0.25, 0.3) is 0 Å². The molecule has 1 N–H and O–H groups in total. The summed E-state index contributed by atoms with van der Waals surface area (Å²) in [4.78, 5) is 27.3. The summed E-state index contributed by atoms with van der Waals surface area (Å²) in [5.41, 5.74) is 3.37. The van der Waals surface area contributed by atoms with E-state index in [1.807, 2.05) is 38.1 Å². The van der Waals surface area contributed by atoms with E-state index in [-0.39, 0.29) is 18.5 Å². The molecule has 2 rings (SSSR count). The van der Waals surface area contributed by atoms with Gasteiger partial charge in [0.25, 0.3) is 0 Å². The molecule has 2 heterocycles. The summed E-state index contributed by atoms with van der Waals surface area (Å²) in [5, 5.41) is 2.67. The first-order chi connectivity index (χ1) is 11.5. The molecule has 0 atom stereocenters. The minimum Gasteiger partial charge on any atom is -0.462 e. The third kappa shape index (κ3) is 4.68. The molecule has 1 amide bonds. The van der Waals surface area contributed by atoms with Crippen molar-refractivity contribution >= 4 is 11.9 Å². The molecule has 0 unspecified atom stereocenters. The van der Waals surface area contributed by atoms with Gasteiger partial charge in [-0.2, -0.15) is 0 Å². The van der Waals surface area contributed by atoms with Crippen LogP contribution in [0.15, 0.2) is 30.5 Å². The lowest BCUT2D eigenvalue weighted by Gasteiger charge is -2.09. The smallest absolute Gasteiger partial charge is 0.339 e. The Kier molecular flexibility index (Phi) is 6.12. The number of carbonyl (C=O) groups excluding carboxylic acids is 2. The van der Waals surface area contributed by atoms with Crippen LogP contribution in [0.1, 0.15) is 40.8 Å². The van der Waals surface area contributed by atoms with Crippen LogP contribution in [0.3, 0.4) is 0 Å². The highest BCUT2D eigenvalue weighted by atomic mass is 16.5. The lowest BCUT2D eigenvalue weighted by molar-refractivity contribution is -0.118. The van der Waals surface area contributed by atoms with Crippen LogP contribution in [0.4, 0.5) is 0 Å². The molecule has 0 aromatic carbocycles. The van der Waals surface area contributed by atoms with Gasteiger partial charge in [0.05, 0.1) is 24.4 Å². The van der Waals surface area contributed by atoms with Crippen molar-refractivity contribution in [3.05, 3.63) is 53.1 Å². The van der Waals surface area contributed by atoms with Crippen LogP contribution in [0.2, 0.25) is 0 Å². The van der Waals surface area contributed by atoms with Gasteiger partial charge in [-0.25, -0.2) is 4.79 Å². The van der Waals surface area contributed by atoms with Gasteiger partial charge in [0.1, 0.15) is 0 Å². The molecule has 0 aliphatic heterocycles. The fraction of sp³-hybridized carbons (Fsp3) is 0.389. The van der Waals surface area contributed by atoms with Gasteiger partial charge in [-0.15, -0.1) is 0 Å². The SMILES string of the molecule is CC(=O)NCCCOC(=O)c1cc(C)n(Cc2ccccn2)c1C. The largest absolute Gasteiger partial charge is 0.462 e. The van der Waals surface area contributed by atoms with Crippen molar-refractivity contribution in [2.45, 2.75) is 33.7 Å². The lowest BCUT2D eigenvalue weighted by atomic mass is 10.2. The Morgan fingerprint density at radius 2 is 2.08 bits per heavy atom. The normalized spacial score (nSPS) is 10.5. The predicted octanol–water partition coefficient (Wildman–Crippen LogP) is 2.23. The molecule has 0 fully saturated rings. The van der Waals surface area contributed by atoms with Gasteiger partial charge >= 0.3 is 5.97 Å². The van der Waals surface area contributed by atoms with Crippen LogP contribution in [0, 0.1) is 13.8 Å². The van der Waals surface area contributed by atoms with Crippen molar-refractivity contribution in [3.63, 3.8) is 0 Å². The van der Waals surface area contributed by atoms with Gasteiger partial charge in [-0.05, 0) is 38.5 Å². The number of esters is 1. The Labute approximate surface area is 141 Å². The summed E-state index contributed by atoms with van der Waals surface area (Å²) in [6, 6.07) is 7.62. The average Bonchev–Trinajstić information content (AvgIpc) is 2.83. The second-order valence-corrected chi connectivity index (χ2v) is 5.66. The minimum atomic E-state index is -0.335. The zero-order valence-corrected chi connectivity index (χ0v) is 14.3. The average molecular weight is 329 g/mol. The summed E-state index contributed by atoms with van der Waals surface area (Å²) >= 11 is 0. The van der Waals surface area contributed by atoms with E-state index in [0.717, 1.165) is 17.1 Å². The van der Waals surface area contributed by atoms with E-state index in [1.165, 1.54) is 6.92 Å². The van der Waals surface area contributed by atoms with Crippen molar-refractivity contribution < 1.29 is 14.3 Å². The van der Waals surface area contributed by atoms with Crippen LogP contribution in [-0.2, 0) is 16.1 Å². The monoisotopic (exact) mass is 329 g/mol. The summed E-state index contributed by atoms with van der Waals surface area (Å²) in [7, 11) is 0. The molecule has 2 aromatic rings. The Morgan fingerprint density at radius 3 is 2.75 bits per heavy atom. The summed E-state index contributed by atoms with van der Waals surface area (Å²) in [6.45, 7) is 6.73. The Bertz CT molecular complexity index is 708. The molecule has 6 heteroatoms. The van der Waals surface area contributed by atoms with E-state index in [4.69, 9.17) is 4.74 Å². The van der Waals surface area contributed by atoms with E-state index < -0.39 is 0 Å². The van der Waals surface area contributed by atoms with Gasteiger partial charge in [0.2, 0.25) is 5.91 Å². The van der Waals surface area contributed by atoms with Gasteiger partial charge in [0.15, 0.2) is 0 Å². The van der Waals surface area contributed by atoms with Crippen LogP contribution < -0.4 is 5.32 Å². The van der Waals surface area contributed by atoms with E-state index in [1.54, 1.807) is 6.20 Å². The maximum atomic E-state index is 12.2. The molecule has 2 aromatic heterocycles. The molecule has 0 aliphatic rings. The number of nitrogens with one attached hydrogen (secondary N) is 1. The maximum Gasteiger partial charge on any atom is 0.339 e. The minimum absolute atomic E-state index is 0.0839. The highest BCUT2D eigenvalue weighted by Gasteiger charge is 2.17. The fourth-order valence-corrected chi connectivity index (χ4v) is 2.48. The number of carbonyl (C=O) groups is 2. The van der Waals surface area contributed by atoms with Crippen molar-refractivity contribution in [2.75, 3.05) is 13.2 Å². The van der Waals surface area contributed by atoms with Crippen LogP contribution in [0.5, 0.6) is 0 Å². The molecule has 6 nitrogen and oxygen atoms in total. The van der Waals surface area contributed by atoms with Crippen LogP contribution in [-0.4, -0.2) is 34.6 Å². The van der Waals surface area contributed by atoms with Gasteiger partial charge < -0.3 is 14.6 Å². The van der Waals surface area contributed by atoms with E-state index in [2.05, 4.69) is 14.9 Å². The molecule has 0 spiro atoms. The highest BCUT2D eigenvalue weighted by Crippen LogP contribution is 2.17. The van der Waals surface area contributed by atoms with Gasteiger partial charge in [-0.1, -0.05) is 6.07 Å². The molecule has 0 bridgehead atoms. The third-order valence-electron chi connectivity index (χ3n) is 3.77. The standard InChI is InChI=1S/C18H23N3O3/c1-13-11-17(18(23)24-10-6-9-19-15(3)22)14(2)21(13)12-16-7-4-5-8-20-16/h4-5,7-8,11H,6,9-10,12H2,1-3H3,(H,19,22). The Balaban J connectivity index is 1.97. The molecular formula is C18H23N3O3. The molecule has 128 valence electrons. The number of hydrogen-bond donors (Lipinski definition) is 1. The fourth-order valence-electron chi connectivity index (χ4n) is 2.48. The topological polar surface area (TPSA) is 73.2 Å². The summed E-state index contributed by atoms with van der Waals surface area (Å²) in [5.74, 6) is -0.419. The zero-order valence-electron chi connectivity index (χ0n) is 14.3. The number of rotatable bonds is 7. The second kappa shape index (κ2) is 8.29.